The number of likely N-dealkylation sites (tertiary alicyclic amines) is 1. The van der Waals surface area contributed by atoms with E-state index in [9.17, 15) is 13.6 Å². The van der Waals surface area contributed by atoms with Gasteiger partial charge in [-0.1, -0.05) is 19.3 Å². The number of halogens is 2. The zero-order valence-corrected chi connectivity index (χ0v) is 18.4. The average molecular weight is 441 g/mol. The third-order valence-corrected chi connectivity index (χ3v) is 8.26. The van der Waals surface area contributed by atoms with Gasteiger partial charge in [-0.05, 0) is 69.7 Å². The van der Waals surface area contributed by atoms with Gasteiger partial charge < -0.3 is 5.32 Å². The largest absolute Gasteiger partial charge is 0.349 e. The summed E-state index contributed by atoms with van der Waals surface area (Å²) in [5.41, 5.74) is 2.59. The van der Waals surface area contributed by atoms with Crippen LogP contribution in [0.4, 0.5) is 8.78 Å². The van der Waals surface area contributed by atoms with Crippen LogP contribution in [0.1, 0.15) is 79.0 Å². The van der Waals surface area contributed by atoms with Gasteiger partial charge in [0, 0.05) is 29.6 Å². The van der Waals surface area contributed by atoms with Crippen molar-refractivity contribution < 1.29 is 13.6 Å². The molecule has 32 heavy (non-hydrogen) atoms. The van der Waals surface area contributed by atoms with Crippen LogP contribution < -0.4 is 5.32 Å². The summed E-state index contributed by atoms with van der Waals surface area (Å²) in [4.78, 5) is 15.9. The molecule has 0 bridgehead atoms. The Morgan fingerprint density at radius 3 is 2.66 bits per heavy atom. The quantitative estimate of drug-likeness (QED) is 0.753. The molecule has 0 radical (unpaired) electrons. The molecule has 1 aromatic heterocycles. The van der Waals surface area contributed by atoms with Crippen LogP contribution in [0.3, 0.4) is 0 Å². The molecule has 2 saturated carbocycles. The van der Waals surface area contributed by atoms with Crippen molar-refractivity contribution in [3.8, 4) is 5.69 Å². The second kappa shape index (κ2) is 7.65. The average Bonchev–Trinajstić information content (AvgIpc) is 3.15. The maximum absolute atomic E-state index is 14.6. The van der Waals surface area contributed by atoms with Gasteiger partial charge in [-0.2, -0.15) is 5.10 Å². The molecule has 1 saturated heterocycles. The molecular weight excluding hydrogens is 410 g/mol. The second-order valence-corrected chi connectivity index (χ2v) is 10.2. The molecular formula is C25H30F2N4O. The zero-order valence-electron chi connectivity index (χ0n) is 18.4. The van der Waals surface area contributed by atoms with Crippen molar-refractivity contribution in [1.29, 1.82) is 0 Å². The SMILES string of the molecule is O=C(NCC1(N2CCCCC2)CCCC1)c1nn(-c2ccc(F)cc2F)c2c1C[C@H]1C[C@@H]21. The predicted molar refractivity (Wildman–Crippen MR) is 117 cm³/mol. The molecule has 1 amide bonds. The molecule has 2 aromatic rings. The van der Waals surface area contributed by atoms with Gasteiger partial charge in [0.2, 0.25) is 0 Å². The zero-order chi connectivity index (χ0) is 21.9. The van der Waals surface area contributed by atoms with E-state index in [2.05, 4.69) is 15.3 Å². The van der Waals surface area contributed by atoms with Crippen molar-refractivity contribution >= 4 is 5.91 Å². The van der Waals surface area contributed by atoms with Crippen LogP contribution in [0.15, 0.2) is 18.2 Å². The lowest BCUT2D eigenvalue weighted by Gasteiger charge is -2.43. The van der Waals surface area contributed by atoms with Crippen LogP contribution in [-0.4, -0.2) is 45.8 Å². The van der Waals surface area contributed by atoms with Gasteiger partial charge in [0.25, 0.3) is 5.91 Å². The Labute approximate surface area is 187 Å². The van der Waals surface area contributed by atoms with Crippen molar-refractivity contribution in [2.75, 3.05) is 19.6 Å². The summed E-state index contributed by atoms with van der Waals surface area (Å²) in [6.07, 6.45) is 10.3. The van der Waals surface area contributed by atoms with E-state index in [1.807, 2.05) is 0 Å². The summed E-state index contributed by atoms with van der Waals surface area (Å²) in [5.74, 6) is -0.567. The minimum absolute atomic E-state index is 0.0625. The monoisotopic (exact) mass is 440 g/mol. The molecule has 170 valence electrons. The Bertz CT molecular complexity index is 1050. The van der Waals surface area contributed by atoms with E-state index in [4.69, 9.17) is 0 Å². The molecule has 2 heterocycles. The smallest absolute Gasteiger partial charge is 0.272 e. The molecule has 6 rings (SSSR count). The maximum Gasteiger partial charge on any atom is 0.272 e. The fraction of sp³-hybridized carbons (Fsp3) is 0.600. The van der Waals surface area contributed by atoms with Crippen LogP contribution in [-0.2, 0) is 6.42 Å². The van der Waals surface area contributed by atoms with Crippen LogP contribution in [0.25, 0.3) is 5.69 Å². The number of piperidine rings is 1. The van der Waals surface area contributed by atoms with E-state index in [0.717, 1.165) is 56.1 Å². The first kappa shape index (κ1) is 20.3. The minimum Gasteiger partial charge on any atom is -0.349 e. The number of hydrogen-bond acceptors (Lipinski definition) is 3. The first-order chi connectivity index (χ1) is 15.6. The fourth-order valence-corrected chi connectivity index (χ4v) is 6.47. The van der Waals surface area contributed by atoms with Crippen LogP contribution in [0.2, 0.25) is 0 Å². The first-order valence-electron chi connectivity index (χ1n) is 12.2. The molecule has 4 aliphatic rings. The number of aromatic nitrogens is 2. The summed E-state index contributed by atoms with van der Waals surface area (Å²) >= 11 is 0. The Morgan fingerprint density at radius 1 is 1.12 bits per heavy atom. The lowest BCUT2D eigenvalue weighted by Crippen LogP contribution is -2.55. The van der Waals surface area contributed by atoms with Gasteiger partial charge >= 0.3 is 0 Å². The number of rotatable bonds is 5. The van der Waals surface area contributed by atoms with E-state index in [0.29, 0.717) is 24.1 Å². The molecule has 3 fully saturated rings. The molecule has 3 aliphatic carbocycles. The molecule has 5 nitrogen and oxygen atoms in total. The molecule has 0 spiro atoms. The summed E-state index contributed by atoms with van der Waals surface area (Å²) in [6, 6.07) is 3.54. The van der Waals surface area contributed by atoms with E-state index in [1.54, 1.807) is 4.68 Å². The third kappa shape index (κ3) is 3.28. The number of nitrogens with one attached hydrogen (secondary N) is 1. The normalized spacial score (nSPS) is 26.1. The van der Waals surface area contributed by atoms with Gasteiger partial charge in [0.15, 0.2) is 11.5 Å². The van der Waals surface area contributed by atoms with Gasteiger partial charge in [-0.3, -0.25) is 9.69 Å². The van der Waals surface area contributed by atoms with Crippen LogP contribution in [0, 0.1) is 17.6 Å². The van der Waals surface area contributed by atoms with Crippen molar-refractivity contribution in [3.63, 3.8) is 0 Å². The molecule has 1 N–H and O–H groups in total. The number of carbonyl (C=O) groups excluding carboxylic acids is 1. The molecule has 1 aromatic carbocycles. The van der Waals surface area contributed by atoms with Crippen molar-refractivity contribution in [2.45, 2.75) is 69.2 Å². The molecule has 2 atom stereocenters. The highest BCUT2D eigenvalue weighted by atomic mass is 19.1. The summed E-state index contributed by atoms with van der Waals surface area (Å²) in [5, 5.41) is 7.80. The van der Waals surface area contributed by atoms with Crippen molar-refractivity contribution in [1.82, 2.24) is 20.0 Å². The van der Waals surface area contributed by atoms with Gasteiger partial charge in [0.1, 0.15) is 11.5 Å². The Balaban J connectivity index is 1.27. The van der Waals surface area contributed by atoms with E-state index >= 15 is 0 Å². The number of carbonyl (C=O) groups is 1. The standard InChI is InChI=1S/C25H30F2N4O/c26-17-6-7-21(20(27)14-17)31-23-18-12-16(18)13-19(23)22(29-31)24(32)28-15-25(8-2-3-9-25)30-10-4-1-5-11-30/h6-7,14,16,18H,1-5,8-13,15H2,(H,28,32)/t16-,18-/m1/s1. The Kier molecular flexibility index (Phi) is 4.86. The number of amides is 1. The Hall–Kier alpha value is -2.28. The lowest BCUT2D eigenvalue weighted by atomic mass is 9.92. The number of hydrogen-bond donors (Lipinski definition) is 1. The second-order valence-electron chi connectivity index (χ2n) is 10.2. The molecule has 7 heteroatoms. The number of benzene rings is 1. The van der Waals surface area contributed by atoms with E-state index in [-0.39, 0.29) is 17.1 Å². The fourth-order valence-electron chi connectivity index (χ4n) is 6.47. The first-order valence-corrected chi connectivity index (χ1v) is 12.2. The maximum atomic E-state index is 14.6. The predicted octanol–water partition coefficient (Wildman–Crippen LogP) is 4.34. The highest BCUT2D eigenvalue weighted by molar-refractivity contribution is 5.94. The number of nitrogens with zero attached hydrogens (tertiary/aromatic N) is 3. The third-order valence-electron chi connectivity index (χ3n) is 8.26. The van der Waals surface area contributed by atoms with Crippen LogP contribution >= 0.6 is 0 Å². The molecule has 1 aliphatic heterocycles. The van der Waals surface area contributed by atoms with Gasteiger partial charge in [-0.25, -0.2) is 13.5 Å². The van der Waals surface area contributed by atoms with Crippen molar-refractivity contribution in [3.05, 3.63) is 46.8 Å². The van der Waals surface area contributed by atoms with Gasteiger partial charge in [0.05, 0.1) is 5.69 Å². The highest BCUT2D eigenvalue weighted by Crippen LogP contribution is 2.57. The van der Waals surface area contributed by atoms with Gasteiger partial charge in [-0.15, -0.1) is 0 Å². The summed E-state index contributed by atoms with van der Waals surface area (Å²) in [6.45, 7) is 2.88. The summed E-state index contributed by atoms with van der Waals surface area (Å²) in [7, 11) is 0. The Morgan fingerprint density at radius 2 is 1.91 bits per heavy atom. The minimum atomic E-state index is -0.652. The van der Waals surface area contributed by atoms with Crippen LogP contribution in [0.5, 0.6) is 0 Å². The van der Waals surface area contributed by atoms with E-state index < -0.39 is 11.6 Å². The molecule has 0 unspecified atom stereocenters. The van der Waals surface area contributed by atoms with Crippen molar-refractivity contribution in [2.24, 2.45) is 5.92 Å². The topological polar surface area (TPSA) is 50.2 Å². The number of fused-ring (bicyclic) bond motifs is 3. The lowest BCUT2D eigenvalue weighted by molar-refractivity contribution is 0.0640. The van der Waals surface area contributed by atoms with E-state index in [1.165, 1.54) is 44.2 Å². The summed E-state index contributed by atoms with van der Waals surface area (Å²) < 4.78 is 29.6. The highest BCUT2D eigenvalue weighted by Gasteiger charge is 2.50.